The largest absolute Gasteiger partial charge is 0.478 e. The minimum atomic E-state index is -0.966. The van der Waals surface area contributed by atoms with Gasteiger partial charge in [0.15, 0.2) is 0 Å². The lowest BCUT2D eigenvalue weighted by Crippen LogP contribution is -2.28. The highest BCUT2D eigenvalue weighted by Crippen LogP contribution is 2.14. The van der Waals surface area contributed by atoms with Crippen LogP contribution in [0.25, 0.3) is 0 Å². The van der Waals surface area contributed by atoms with Gasteiger partial charge in [0.25, 0.3) is 0 Å². The number of rotatable bonds is 4. The molecule has 0 bridgehead atoms. The molecule has 2 aromatic carbocycles. The Hall–Kier alpha value is -2.82. The third kappa shape index (κ3) is 4.09. The van der Waals surface area contributed by atoms with Crippen LogP contribution in [0.3, 0.4) is 0 Å². The van der Waals surface area contributed by atoms with Crippen LogP contribution in [0.5, 0.6) is 0 Å². The van der Waals surface area contributed by atoms with Gasteiger partial charge in [-0.15, -0.1) is 0 Å². The van der Waals surface area contributed by atoms with Gasteiger partial charge in [-0.05, 0) is 54.8 Å². The lowest BCUT2D eigenvalue weighted by molar-refractivity contribution is 0.0697. The molecule has 0 aliphatic carbocycles. The maximum atomic E-state index is 11.8. The summed E-state index contributed by atoms with van der Waals surface area (Å²) in [6, 6.07) is 11.8. The number of amides is 2. The van der Waals surface area contributed by atoms with Gasteiger partial charge >= 0.3 is 12.0 Å². The van der Waals surface area contributed by atoms with E-state index in [1.165, 1.54) is 17.7 Å². The van der Waals surface area contributed by atoms with Gasteiger partial charge in [-0.2, -0.15) is 0 Å². The first-order valence-corrected chi connectivity index (χ1v) is 6.90. The predicted octanol–water partition coefficient (Wildman–Crippen LogP) is 3.32. The Morgan fingerprint density at radius 1 is 1.00 bits per heavy atom. The summed E-state index contributed by atoms with van der Waals surface area (Å²) >= 11 is 0. The zero-order chi connectivity index (χ0) is 16.1. The lowest BCUT2D eigenvalue weighted by Gasteiger charge is -2.09. The molecular weight excluding hydrogens is 280 g/mol. The van der Waals surface area contributed by atoms with Crippen molar-refractivity contribution in [1.82, 2.24) is 5.32 Å². The van der Waals surface area contributed by atoms with E-state index in [2.05, 4.69) is 10.6 Å². The van der Waals surface area contributed by atoms with E-state index in [9.17, 15) is 9.59 Å². The number of hydrogen-bond donors (Lipinski definition) is 3. The normalized spacial score (nSPS) is 10.1. The van der Waals surface area contributed by atoms with Gasteiger partial charge in [0, 0.05) is 12.2 Å². The number of carboxylic acids is 1. The number of aryl methyl sites for hydroxylation is 2. The molecule has 0 aliphatic rings. The van der Waals surface area contributed by atoms with Crippen LogP contribution in [-0.2, 0) is 6.54 Å². The van der Waals surface area contributed by atoms with Gasteiger partial charge in [-0.3, -0.25) is 0 Å². The molecule has 2 amide bonds. The van der Waals surface area contributed by atoms with Crippen LogP contribution in [-0.4, -0.2) is 17.1 Å². The van der Waals surface area contributed by atoms with Crippen molar-refractivity contribution in [3.05, 3.63) is 64.7 Å². The number of carboxylic acid groups (broad SMARTS) is 1. The van der Waals surface area contributed by atoms with E-state index in [0.29, 0.717) is 6.54 Å². The quantitative estimate of drug-likeness (QED) is 0.810. The van der Waals surface area contributed by atoms with Gasteiger partial charge in [0.2, 0.25) is 0 Å². The third-order valence-electron chi connectivity index (χ3n) is 3.42. The second-order valence-corrected chi connectivity index (χ2v) is 5.11. The Labute approximate surface area is 129 Å². The van der Waals surface area contributed by atoms with Crippen LogP contribution < -0.4 is 10.6 Å². The van der Waals surface area contributed by atoms with E-state index in [1.807, 2.05) is 32.0 Å². The molecule has 0 fully saturated rings. The predicted molar refractivity (Wildman–Crippen MR) is 85.2 cm³/mol. The lowest BCUT2D eigenvalue weighted by atomic mass is 10.1. The maximum Gasteiger partial charge on any atom is 0.335 e. The highest BCUT2D eigenvalue weighted by Gasteiger charge is 2.04. The summed E-state index contributed by atoms with van der Waals surface area (Å²) in [5, 5.41) is 14.3. The molecule has 0 saturated carbocycles. The summed E-state index contributed by atoms with van der Waals surface area (Å²) in [7, 11) is 0. The zero-order valence-corrected chi connectivity index (χ0v) is 12.5. The molecule has 0 unspecified atom stereocenters. The fraction of sp³-hybridized carbons (Fsp3) is 0.176. The Balaban J connectivity index is 1.89. The number of hydrogen-bond acceptors (Lipinski definition) is 2. The molecular formula is C17H18N2O3. The fourth-order valence-electron chi connectivity index (χ4n) is 1.94. The van der Waals surface area contributed by atoms with E-state index < -0.39 is 5.97 Å². The number of nitrogens with one attached hydrogen (secondary N) is 2. The molecule has 22 heavy (non-hydrogen) atoms. The van der Waals surface area contributed by atoms with Crippen molar-refractivity contribution in [3.63, 3.8) is 0 Å². The standard InChI is InChI=1S/C17H18N2O3/c1-11-3-8-15(9-12(11)2)19-17(22)18-10-13-4-6-14(7-5-13)16(20)21/h3-9H,10H2,1-2H3,(H,20,21)(H2,18,19,22). The molecule has 114 valence electrons. The second-order valence-electron chi connectivity index (χ2n) is 5.11. The van der Waals surface area contributed by atoms with Crippen molar-refractivity contribution >= 4 is 17.7 Å². The van der Waals surface area contributed by atoms with Crippen molar-refractivity contribution in [2.75, 3.05) is 5.32 Å². The molecule has 2 rings (SSSR count). The number of carbonyl (C=O) groups excluding carboxylic acids is 1. The molecule has 0 atom stereocenters. The zero-order valence-electron chi connectivity index (χ0n) is 12.5. The van der Waals surface area contributed by atoms with Gasteiger partial charge in [0.05, 0.1) is 5.56 Å². The monoisotopic (exact) mass is 298 g/mol. The van der Waals surface area contributed by atoms with E-state index in [4.69, 9.17) is 5.11 Å². The second kappa shape index (κ2) is 6.76. The molecule has 0 aromatic heterocycles. The third-order valence-corrected chi connectivity index (χ3v) is 3.42. The summed E-state index contributed by atoms with van der Waals surface area (Å²) < 4.78 is 0. The Bertz CT molecular complexity index is 694. The first-order valence-electron chi connectivity index (χ1n) is 6.90. The van der Waals surface area contributed by atoms with Crippen molar-refractivity contribution in [2.45, 2.75) is 20.4 Å². The summed E-state index contributed by atoms with van der Waals surface area (Å²) in [5.74, 6) is -0.966. The molecule has 5 heteroatoms. The smallest absolute Gasteiger partial charge is 0.335 e. The maximum absolute atomic E-state index is 11.8. The molecule has 5 nitrogen and oxygen atoms in total. The Morgan fingerprint density at radius 3 is 2.27 bits per heavy atom. The van der Waals surface area contributed by atoms with Crippen LogP contribution in [0.1, 0.15) is 27.0 Å². The SMILES string of the molecule is Cc1ccc(NC(=O)NCc2ccc(C(=O)O)cc2)cc1C. The van der Waals surface area contributed by atoms with Crippen LogP contribution in [0.4, 0.5) is 10.5 Å². The summed E-state index contributed by atoms with van der Waals surface area (Å²) in [4.78, 5) is 22.6. The van der Waals surface area contributed by atoms with Gasteiger partial charge in [-0.25, -0.2) is 9.59 Å². The van der Waals surface area contributed by atoms with Crippen molar-refractivity contribution in [3.8, 4) is 0 Å². The van der Waals surface area contributed by atoms with E-state index >= 15 is 0 Å². The van der Waals surface area contributed by atoms with Crippen LogP contribution in [0, 0.1) is 13.8 Å². The molecule has 0 saturated heterocycles. The molecule has 0 aliphatic heterocycles. The van der Waals surface area contributed by atoms with E-state index in [1.54, 1.807) is 12.1 Å². The van der Waals surface area contributed by atoms with Crippen molar-refractivity contribution in [2.24, 2.45) is 0 Å². The number of carbonyl (C=O) groups is 2. The minimum Gasteiger partial charge on any atom is -0.478 e. The van der Waals surface area contributed by atoms with Gasteiger partial charge in [-0.1, -0.05) is 18.2 Å². The number of urea groups is 1. The first-order chi connectivity index (χ1) is 10.5. The molecule has 2 aromatic rings. The topological polar surface area (TPSA) is 78.4 Å². The van der Waals surface area contributed by atoms with Crippen LogP contribution >= 0.6 is 0 Å². The Morgan fingerprint density at radius 2 is 1.68 bits per heavy atom. The number of aromatic carboxylic acids is 1. The highest BCUT2D eigenvalue weighted by molar-refractivity contribution is 5.89. The molecule has 0 radical (unpaired) electrons. The minimum absolute atomic E-state index is 0.225. The average molecular weight is 298 g/mol. The van der Waals surface area contributed by atoms with Gasteiger partial charge < -0.3 is 15.7 Å². The van der Waals surface area contributed by atoms with Gasteiger partial charge in [0.1, 0.15) is 0 Å². The van der Waals surface area contributed by atoms with Crippen LogP contribution in [0.15, 0.2) is 42.5 Å². The molecule has 0 spiro atoms. The average Bonchev–Trinajstić information content (AvgIpc) is 2.49. The Kier molecular flexibility index (Phi) is 4.78. The molecule has 0 heterocycles. The van der Waals surface area contributed by atoms with Crippen molar-refractivity contribution < 1.29 is 14.7 Å². The van der Waals surface area contributed by atoms with E-state index in [0.717, 1.165) is 16.8 Å². The van der Waals surface area contributed by atoms with Crippen LogP contribution in [0.2, 0.25) is 0 Å². The first kappa shape index (κ1) is 15.6. The fourth-order valence-corrected chi connectivity index (χ4v) is 1.94. The molecule has 3 N–H and O–H groups in total. The summed E-state index contributed by atoms with van der Waals surface area (Å²) in [6.07, 6.45) is 0. The highest BCUT2D eigenvalue weighted by atomic mass is 16.4. The summed E-state index contributed by atoms with van der Waals surface area (Å²) in [5.41, 5.74) is 4.08. The summed E-state index contributed by atoms with van der Waals surface area (Å²) in [6.45, 7) is 4.33. The van der Waals surface area contributed by atoms with E-state index in [-0.39, 0.29) is 11.6 Å². The van der Waals surface area contributed by atoms with Crippen molar-refractivity contribution in [1.29, 1.82) is 0 Å². The number of anilines is 1. The number of benzene rings is 2.